The van der Waals surface area contributed by atoms with Crippen LogP contribution in [0.5, 0.6) is 11.5 Å². The molecule has 4 aromatic rings. The lowest BCUT2D eigenvalue weighted by Gasteiger charge is -2.38. The molecule has 0 aliphatic carbocycles. The van der Waals surface area contributed by atoms with Crippen LogP contribution in [0, 0.1) is 0 Å². The summed E-state index contributed by atoms with van der Waals surface area (Å²) < 4.78 is 13.1. The van der Waals surface area contributed by atoms with Gasteiger partial charge in [-0.15, -0.1) is 0 Å². The van der Waals surface area contributed by atoms with Crippen molar-refractivity contribution in [3.05, 3.63) is 113 Å². The zero-order chi connectivity index (χ0) is 26.4. The van der Waals surface area contributed by atoms with Gasteiger partial charge in [0.1, 0.15) is 11.5 Å². The Morgan fingerprint density at radius 3 is 2.26 bits per heavy atom. The summed E-state index contributed by atoms with van der Waals surface area (Å²) in [6, 6.07) is 28.3. The molecule has 1 unspecified atom stereocenters. The third-order valence-electron chi connectivity index (χ3n) is 7.67. The van der Waals surface area contributed by atoms with Crippen LogP contribution in [0.1, 0.15) is 66.2 Å². The lowest BCUT2D eigenvalue weighted by molar-refractivity contribution is 0.0224. The first kappa shape index (κ1) is 24.1. The van der Waals surface area contributed by atoms with Gasteiger partial charge >= 0.3 is 5.97 Å². The molecule has 0 saturated heterocycles. The summed E-state index contributed by atoms with van der Waals surface area (Å²) >= 11 is 0. The maximum atomic E-state index is 13.3. The Morgan fingerprint density at radius 1 is 0.816 bits per heavy atom. The van der Waals surface area contributed by atoms with Gasteiger partial charge in [0.2, 0.25) is 0 Å². The van der Waals surface area contributed by atoms with Crippen LogP contribution in [0.2, 0.25) is 0 Å². The fraction of sp³-hybridized carbons (Fsp3) is 0.242. The fourth-order valence-electron chi connectivity index (χ4n) is 5.77. The third-order valence-corrected chi connectivity index (χ3v) is 7.67. The van der Waals surface area contributed by atoms with Crippen LogP contribution in [0.25, 0.3) is 0 Å². The Kier molecular flexibility index (Phi) is 5.87. The van der Waals surface area contributed by atoms with E-state index >= 15 is 0 Å². The van der Waals surface area contributed by atoms with Crippen LogP contribution in [0.4, 0.5) is 17.1 Å². The quantitative estimate of drug-likeness (QED) is 0.270. The number of nitrogens with one attached hydrogen (secondary N) is 1. The molecule has 38 heavy (non-hydrogen) atoms. The number of hydrogen-bond acceptors (Lipinski definition) is 5. The van der Waals surface area contributed by atoms with Crippen LogP contribution in [0.3, 0.4) is 0 Å². The smallest absolute Gasteiger partial charge is 0.340 e. The molecule has 1 N–H and O–H groups in total. The molecule has 2 heterocycles. The number of para-hydroxylation sites is 1. The molecule has 2 aliphatic rings. The molecule has 0 fully saturated rings. The summed E-state index contributed by atoms with van der Waals surface area (Å²) in [5, 5.41) is 3.61. The first-order valence-electron chi connectivity index (χ1n) is 13.4. The summed E-state index contributed by atoms with van der Waals surface area (Å²) in [5.41, 5.74) is 6.16. The van der Waals surface area contributed by atoms with Gasteiger partial charge in [0.25, 0.3) is 0 Å². The maximum Gasteiger partial charge on any atom is 0.340 e. The zero-order valence-corrected chi connectivity index (χ0v) is 22.2. The minimum atomic E-state index is -1.10. The van der Waals surface area contributed by atoms with Crippen LogP contribution in [-0.4, -0.2) is 19.1 Å². The van der Waals surface area contributed by atoms with Gasteiger partial charge < -0.3 is 19.7 Å². The Labute approximate surface area is 224 Å². The summed E-state index contributed by atoms with van der Waals surface area (Å²) in [4.78, 5) is 15.6. The number of nitrogens with zero attached hydrogens (tertiary/aromatic N) is 1. The zero-order valence-electron chi connectivity index (χ0n) is 22.2. The predicted molar refractivity (Wildman–Crippen MR) is 152 cm³/mol. The second kappa shape index (κ2) is 9.25. The van der Waals surface area contributed by atoms with Crippen molar-refractivity contribution in [1.29, 1.82) is 0 Å². The number of rotatable bonds is 6. The Balaban J connectivity index is 1.61. The van der Waals surface area contributed by atoms with E-state index in [1.54, 1.807) is 0 Å². The SMILES string of the molecule is CCN(CC)c1ccc2c(c1)Oc1cc(C(C)C)c(Nc3ccccc3)cc1C21OC(=O)c2ccccc21. The van der Waals surface area contributed by atoms with E-state index in [1.165, 1.54) is 0 Å². The molecule has 0 aromatic heterocycles. The Morgan fingerprint density at radius 2 is 1.53 bits per heavy atom. The van der Waals surface area contributed by atoms with Gasteiger partial charge in [-0.2, -0.15) is 0 Å². The van der Waals surface area contributed by atoms with Crippen LogP contribution in [-0.2, 0) is 10.3 Å². The molecule has 6 rings (SSSR count). The average molecular weight is 505 g/mol. The Bertz CT molecular complexity index is 1530. The van der Waals surface area contributed by atoms with E-state index in [9.17, 15) is 4.79 Å². The number of ether oxygens (including phenoxy) is 2. The molecule has 1 atom stereocenters. The van der Waals surface area contributed by atoms with Gasteiger partial charge in [0, 0.05) is 52.9 Å². The lowest BCUT2D eigenvalue weighted by atomic mass is 9.76. The minimum absolute atomic E-state index is 0.243. The van der Waals surface area contributed by atoms with E-state index in [-0.39, 0.29) is 11.9 Å². The third kappa shape index (κ3) is 3.65. The van der Waals surface area contributed by atoms with Gasteiger partial charge in [-0.1, -0.05) is 50.2 Å². The molecule has 2 aliphatic heterocycles. The number of anilines is 3. The molecular formula is C33H32N2O3. The molecule has 0 bridgehead atoms. The highest BCUT2D eigenvalue weighted by molar-refractivity contribution is 5.97. The standard InChI is InChI=1S/C33H32N2O3/c1-5-35(6-2)23-16-17-27-30(18-23)37-31-19-25(21(3)4)29(34-22-12-8-7-9-13-22)20-28(31)33(27)26-15-11-10-14-24(26)32(36)38-33/h7-21,34H,5-6H2,1-4H3. The van der Waals surface area contributed by atoms with E-state index in [1.807, 2.05) is 54.6 Å². The highest BCUT2D eigenvalue weighted by Gasteiger charge is 2.53. The van der Waals surface area contributed by atoms with E-state index < -0.39 is 5.60 Å². The maximum absolute atomic E-state index is 13.3. The number of esters is 1. The summed E-state index contributed by atoms with van der Waals surface area (Å²) in [7, 11) is 0. The van der Waals surface area contributed by atoms with E-state index in [4.69, 9.17) is 9.47 Å². The van der Waals surface area contributed by atoms with Gasteiger partial charge in [-0.3, -0.25) is 0 Å². The van der Waals surface area contributed by atoms with Crippen molar-refractivity contribution in [3.8, 4) is 11.5 Å². The molecule has 1 spiro atoms. The van der Waals surface area contributed by atoms with E-state index in [2.05, 4.69) is 68.2 Å². The minimum Gasteiger partial charge on any atom is -0.456 e. The summed E-state index contributed by atoms with van der Waals surface area (Å²) in [6.07, 6.45) is 0. The second-order valence-corrected chi connectivity index (χ2v) is 10.2. The number of hydrogen-bond donors (Lipinski definition) is 1. The van der Waals surface area contributed by atoms with E-state index in [0.29, 0.717) is 17.1 Å². The molecule has 0 saturated carbocycles. The number of carbonyl (C=O) groups is 1. The van der Waals surface area contributed by atoms with Crippen LogP contribution >= 0.6 is 0 Å². The largest absolute Gasteiger partial charge is 0.456 e. The van der Waals surface area contributed by atoms with Crippen molar-refractivity contribution in [2.24, 2.45) is 0 Å². The number of carbonyl (C=O) groups excluding carboxylic acids is 1. The molecule has 0 amide bonds. The molecular weight excluding hydrogens is 472 g/mol. The summed E-state index contributed by atoms with van der Waals surface area (Å²) in [5.74, 6) is 1.34. The lowest BCUT2D eigenvalue weighted by Crippen LogP contribution is -2.33. The molecule has 192 valence electrons. The van der Waals surface area contributed by atoms with E-state index in [0.717, 1.165) is 52.4 Å². The fourth-order valence-corrected chi connectivity index (χ4v) is 5.77. The van der Waals surface area contributed by atoms with Crippen molar-refractivity contribution < 1.29 is 14.3 Å². The van der Waals surface area contributed by atoms with Crippen molar-refractivity contribution in [1.82, 2.24) is 0 Å². The number of benzene rings is 4. The average Bonchev–Trinajstić information content (AvgIpc) is 3.23. The van der Waals surface area contributed by atoms with Gasteiger partial charge in [-0.05, 0) is 67.8 Å². The van der Waals surface area contributed by atoms with Crippen molar-refractivity contribution in [2.75, 3.05) is 23.3 Å². The monoisotopic (exact) mass is 504 g/mol. The van der Waals surface area contributed by atoms with Gasteiger partial charge in [0.15, 0.2) is 5.60 Å². The predicted octanol–water partition coefficient (Wildman–Crippen LogP) is 7.97. The highest BCUT2D eigenvalue weighted by Crippen LogP contribution is 2.57. The first-order valence-corrected chi connectivity index (χ1v) is 13.4. The van der Waals surface area contributed by atoms with Crippen LogP contribution in [0.15, 0.2) is 84.9 Å². The Hall–Kier alpha value is -4.25. The van der Waals surface area contributed by atoms with Crippen molar-refractivity contribution >= 4 is 23.0 Å². The summed E-state index contributed by atoms with van der Waals surface area (Å²) in [6.45, 7) is 10.4. The second-order valence-electron chi connectivity index (χ2n) is 10.2. The highest BCUT2D eigenvalue weighted by atomic mass is 16.6. The molecule has 5 heteroatoms. The molecule has 5 nitrogen and oxygen atoms in total. The van der Waals surface area contributed by atoms with Gasteiger partial charge in [0.05, 0.1) is 5.56 Å². The normalized spacial score (nSPS) is 16.9. The number of fused-ring (bicyclic) bond motifs is 6. The molecule has 0 radical (unpaired) electrons. The van der Waals surface area contributed by atoms with Crippen molar-refractivity contribution in [2.45, 2.75) is 39.2 Å². The first-order chi connectivity index (χ1) is 18.5. The van der Waals surface area contributed by atoms with Gasteiger partial charge in [-0.25, -0.2) is 4.79 Å². The molecule has 4 aromatic carbocycles. The van der Waals surface area contributed by atoms with Crippen molar-refractivity contribution in [3.63, 3.8) is 0 Å². The van der Waals surface area contributed by atoms with Crippen LogP contribution < -0.4 is 15.0 Å². The topological polar surface area (TPSA) is 50.8 Å².